The summed E-state index contributed by atoms with van der Waals surface area (Å²) >= 11 is 0. The first-order valence-corrected chi connectivity index (χ1v) is 8.07. The van der Waals surface area contributed by atoms with Crippen molar-refractivity contribution in [1.29, 1.82) is 0 Å². The number of nitrogens with zero attached hydrogens (tertiary/aromatic N) is 3. The molecule has 1 atom stereocenters. The quantitative estimate of drug-likeness (QED) is 0.740. The lowest BCUT2D eigenvalue weighted by molar-refractivity contribution is 0.399. The number of hydrogen-bond acceptors (Lipinski definition) is 4. The van der Waals surface area contributed by atoms with Gasteiger partial charge in [-0.15, -0.1) is 0 Å². The summed E-state index contributed by atoms with van der Waals surface area (Å²) in [5.41, 5.74) is 4.75. The smallest absolute Gasteiger partial charge is 0.215 e. The second-order valence-corrected chi connectivity index (χ2v) is 6.04. The van der Waals surface area contributed by atoms with Crippen LogP contribution in [-0.2, 0) is 12.8 Å². The fourth-order valence-corrected chi connectivity index (χ4v) is 3.55. The molecule has 4 rings (SSSR count). The van der Waals surface area contributed by atoms with Crippen LogP contribution < -0.4 is 4.74 Å². The normalized spacial score (nSPS) is 17.0. The number of aromatic nitrogens is 3. The fourth-order valence-electron chi connectivity index (χ4n) is 3.55. The van der Waals surface area contributed by atoms with Gasteiger partial charge >= 0.3 is 0 Å². The Kier molecular flexibility index (Phi) is 3.66. The van der Waals surface area contributed by atoms with Gasteiger partial charge in [-0.3, -0.25) is 0 Å². The van der Waals surface area contributed by atoms with Crippen LogP contribution in [-0.4, -0.2) is 22.1 Å². The molecule has 0 spiro atoms. The molecule has 2 heterocycles. The predicted molar refractivity (Wildman–Crippen MR) is 89.7 cm³/mol. The molecular formula is C19H19N3O. The number of ether oxygens (including phenoxy) is 1. The minimum atomic E-state index is 0.528. The van der Waals surface area contributed by atoms with E-state index in [2.05, 4.69) is 39.2 Å². The van der Waals surface area contributed by atoms with Crippen LogP contribution >= 0.6 is 0 Å². The second kappa shape index (κ2) is 5.95. The average molecular weight is 305 g/mol. The SMILES string of the molecule is COc1ccc2c(CC3CCCc4ccccc43)ncnc2n1. The van der Waals surface area contributed by atoms with Crippen LogP contribution in [0.15, 0.2) is 42.7 Å². The van der Waals surface area contributed by atoms with Gasteiger partial charge in [0, 0.05) is 11.5 Å². The molecule has 1 aromatic carbocycles. The van der Waals surface area contributed by atoms with Crippen LogP contribution in [0.1, 0.15) is 35.6 Å². The first-order chi connectivity index (χ1) is 11.3. The molecule has 1 unspecified atom stereocenters. The molecule has 1 aliphatic carbocycles. The van der Waals surface area contributed by atoms with E-state index in [0.29, 0.717) is 17.4 Å². The maximum absolute atomic E-state index is 5.19. The van der Waals surface area contributed by atoms with Crippen molar-refractivity contribution in [3.8, 4) is 5.88 Å². The van der Waals surface area contributed by atoms with Crippen molar-refractivity contribution in [2.24, 2.45) is 0 Å². The highest BCUT2D eigenvalue weighted by atomic mass is 16.5. The third kappa shape index (κ3) is 2.65. The van der Waals surface area contributed by atoms with Gasteiger partial charge in [-0.25, -0.2) is 9.97 Å². The Morgan fingerprint density at radius 3 is 2.96 bits per heavy atom. The van der Waals surface area contributed by atoms with Crippen LogP contribution in [0.4, 0.5) is 0 Å². The number of rotatable bonds is 3. The molecule has 3 aromatic rings. The van der Waals surface area contributed by atoms with Crippen molar-refractivity contribution in [2.75, 3.05) is 7.11 Å². The summed E-state index contributed by atoms with van der Waals surface area (Å²) in [7, 11) is 1.62. The molecule has 0 bridgehead atoms. The van der Waals surface area contributed by atoms with E-state index in [4.69, 9.17) is 4.74 Å². The highest BCUT2D eigenvalue weighted by molar-refractivity contribution is 5.77. The van der Waals surface area contributed by atoms with Crippen molar-refractivity contribution in [1.82, 2.24) is 15.0 Å². The minimum absolute atomic E-state index is 0.528. The van der Waals surface area contributed by atoms with Gasteiger partial charge in [-0.05, 0) is 48.8 Å². The van der Waals surface area contributed by atoms with E-state index in [1.165, 1.54) is 30.4 Å². The van der Waals surface area contributed by atoms with Gasteiger partial charge in [-0.2, -0.15) is 4.98 Å². The van der Waals surface area contributed by atoms with Crippen LogP contribution in [0.2, 0.25) is 0 Å². The summed E-state index contributed by atoms with van der Waals surface area (Å²) in [6.45, 7) is 0. The highest BCUT2D eigenvalue weighted by Crippen LogP contribution is 2.34. The fraction of sp³-hybridized carbons (Fsp3) is 0.316. The molecule has 2 aromatic heterocycles. The number of pyridine rings is 1. The lowest BCUT2D eigenvalue weighted by Gasteiger charge is -2.25. The van der Waals surface area contributed by atoms with Crippen LogP contribution in [0.3, 0.4) is 0 Å². The van der Waals surface area contributed by atoms with Crippen LogP contribution in [0.5, 0.6) is 5.88 Å². The third-order valence-electron chi connectivity index (χ3n) is 4.70. The predicted octanol–water partition coefficient (Wildman–Crippen LogP) is 3.70. The standard InChI is InChI=1S/C19H19N3O/c1-23-18-10-9-16-17(20-12-21-19(16)22-18)11-14-7-4-6-13-5-2-3-8-15(13)14/h2-3,5,8-10,12,14H,4,6-7,11H2,1H3. The van der Waals surface area contributed by atoms with Crippen molar-refractivity contribution in [3.63, 3.8) is 0 Å². The maximum Gasteiger partial charge on any atom is 0.215 e. The number of benzene rings is 1. The number of methoxy groups -OCH3 is 1. The van der Waals surface area contributed by atoms with Gasteiger partial charge in [-0.1, -0.05) is 24.3 Å². The van der Waals surface area contributed by atoms with E-state index in [1.807, 2.05) is 12.1 Å². The molecule has 0 saturated carbocycles. The maximum atomic E-state index is 5.19. The molecule has 23 heavy (non-hydrogen) atoms. The molecule has 1 aliphatic rings. The molecule has 4 nitrogen and oxygen atoms in total. The number of hydrogen-bond donors (Lipinski definition) is 0. The van der Waals surface area contributed by atoms with Gasteiger partial charge in [0.25, 0.3) is 0 Å². The molecule has 0 amide bonds. The number of aryl methyl sites for hydroxylation is 1. The molecule has 0 saturated heterocycles. The Morgan fingerprint density at radius 1 is 1.13 bits per heavy atom. The Labute approximate surface area is 135 Å². The van der Waals surface area contributed by atoms with Crippen molar-refractivity contribution < 1.29 is 4.74 Å². The number of fused-ring (bicyclic) bond motifs is 2. The highest BCUT2D eigenvalue weighted by Gasteiger charge is 2.21. The molecular weight excluding hydrogens is 286 g/mol. The summed E-state index contributed by atoms with van der Waals surface area (Å²) in [5, 5.41) is 1.02. The lowest BCUT2D eigenvalue weighted by atomic mass is 9.80. The summed E-state index contributed by atoms with van der Waals surface area (Å²) < 4.78 is 5.19. The van der Waals surface area contributed by atoms with Gasteiger partial charge in [0.2, 0.25) is 5.88 Å². The van der Waals surface area contributed by atoms with E-state index >= 15 is 0 Å². The summed E-state index contributed by atoms with van der Waals surface area (Å²) in [4.78, 5) is 13.2. The van der Waals surface area contributed by atoms with E-state index < -0.39 is 0 Å². The Balaban J connectivity index is 1.71. The third-order valence-corrected chi connectivity index (χ3v) is 4.70. The van der Waals surface area contributed by atoms with Crippen LogP contribution in [0, 0.1) is 0 Å². The first kappa shape index (κ1) is 14.1. The second-order valence-electron chi connectivity index (χ2n) is 6.04. The molecule has 0 fully saturated rings. The van der Waals surface area contributed by atoms with E-state index in [9.17, 15) is 0 Å². The van der Waals surface area contributed by atoms with Gasteiger partial charge in [0.15, 0.2) is 5.65 Å². The summed E-state index contributed by atoms with van der Waals surface area (Å²) in [5.74, 6) is 1.12. The topological polar surface area (TPSA) is 47.9 Å². The van der Waals surface area contributed by atoms with Crippen molar-refractivity contribution >= 4 is 11.0 Å². The Bertz CT molecular complexity index is 847. The first-order valence-electron chi connectivity index (χ1n) is 8.07. The zero-order chi connectivity index (χ0) is 15.6. The zero-order valence-electron chi connectivity index (χ0n) is 13.2. The molecule has 116 valence electrons. The minimum Gasteiger partial charge on any atom is -0.481 e. The van der Waals surface area contributed by atoms with Crippen molar-refractivity contribution in [3.05, 3.63) is 59.5 Å². The molecule has 4 heteroatoms. The van der Waals surface area contributed by atoms with Gasteiger partial charge < -0.3 is 4.74 Å². The van der Waals surface area contributed by atoms with E-state index in [1.54, 1.807) is 13.4 Å². The zero-order valence-corrected chi connectivity index (χ0v) is 13.2. The summed E-state index contributed by atoms with van der Waals surface area (Å²) in [6.07, 6.45) is 6.20. The lowest BCUT2D eigenvalue weighted by Crippen LogP contribution is -2.13. The Hall–Kier alpha value is -2.49. The van der Waals surface area contributed by atoms with E-state index in [0.717, 1.165) is 17.5 Å². The largest absolute Gasteiger partial charge is 0.481 e. The van der Waals surface area contributed by atoms with Crippen LogP contribution in [0.25, 0.3) is 11.0 Å². The van der Waals surface area contributed by atoms with Gasteiger partial charge in [0.05, 0.1) is 12.8 Å². The molecule has 0 radical (unpaired) electrons. The monoisotopic (exact) mass is 305 g/mol. The molecule has 0 aliphatic heterocycles. The summed E-state index contributed by atoms with van der Waals surface area (Å²) in [6, 6.07) is 12.7. The average Bonchev–Trinajstić information content (AvgIpc) is 2.62. The van der Waals surface area contributed by atoms with Crippen molar-refractivity contribution in [2.45, 2.75) is 31.6 Å². The van der Waals surface area contributed by atoms with E-state index in [-0.39, 0.29) is 0 Å². The molecule has 0 N–H and O–H groups in total. The Morgan fingerprint density at radius 2 is 2.04 bits per heavy atom. The van der Waals surface area contributed by atoms with Gasteiger partial charge in [0.1, 0.15) is 6.33 Å².